The fourth-order valence-electron chi connectivity index (χ4n) is 4.46. The van der Waals surface area contributed by atoms with E-state index in [0.29, 0.717) is 40.3 Å². The second-order valence-electron chi connectivity index (χ2n) is 9.34. The van der Waals surface area contributed by atoms with E-state index >= 15 is 0 Å². The van der Waals surface area contributed by atoms with Crippen LogP contribution in [-0.2, 0) is 11.8 Å². The number of fused-ring (bicyclic) bond motifs is 2. The third kappa shape index (κ3) is 5.16. The normalized spacial score (nSPS) is 16.1. The fraction of sp³-hybridized carbons (Fsp3) is 0.360. The van der Waals surface area contributed by atoms with Crippen LogP contribution < -0.4 is 10.6 Å². The van der Waals surface area contributed by atoms with E-state index in [1.807, 2.05) is 59.8 Å². The van der Waals surface area contributed by atoms with Crippen molar-refractivity contribution in [2.24, 2.45) is 7.05 Å². The summed E-state index contributed by atoms with van der Waals surface area (Å²) in [5.41, 5.74) is 3.02. The molecule has 1 fully saturated rings. The van der Waals surface area contributed by atoms with Crippen molar-refractivity contribution in [3.8, 4) is 0 Å². The van der Waals surface area contributed by atoms with Crippen molar-refractivity contribution in [3.63, 3.8) is 0 Å². The van der Waals surface area contributed by atoms with Crippen molar-refractivity contribution >= 4 is 67.1 Å². The van der Waals surface area contributed by atoms with E-state index in [0.717, 1.165) is 35.1 Å². The third-order valence-corrected chi connectivity index (χ3v) is 7.44. The number of hydrogen-bond acceptors (Lipinski definition) is 7. The van der Waals surface area contributed by atoms with Gasteiger partial charge in [-0.2, -0.15) is 0 Å². The highest BCUT2D eigenvalue weighted by molar-refractivity contribution is 7.22. The van der Waals surface area contributed by atoms with Gasteiger partial charge in [-0.05, 0) is 63.3 Å². The van der Waals surface area contributed by atoms with Crippen molar-refractivity contribution in [1.82, 2.24) is 29.7 Å². The SMILES string of the molecule is CN(C)CC(=O)N1CCC[C@@H](NC(=O)c2ccc3c(c2)nc(Nc2nc4ccc(Cl)cc4s2)n3C)C1. The molecule has 2 amide bonds. The number of anilines is 2. The number of benzene rings is 2. The minimum absolute atomic E-state index is 0.0680. The van der Waals surface area contributed by atoms with Crippen molar-refractivity contribution in [3.05, 3.63) is 47.0 Å². The highest BCUT2D eigenvalue weighted by Crippen LogP contribution is 2.31. The number of carbonyl (C=O) groups is 2. The molecule has 2 aromatic carbocycles. The van der Waals surface area contributed by atoms with Gasteiger partial charge in [0.05, 0.1) is 27.8 Å². The number of rotatable bonds is 6. The first-order valence-corrected chi connectivity index (χ1v) is 13.0. The highest BCUT2D eigenvalue weighted by Gasteiger charge is 2.25. The molecule has 0 aliphatic carbocycles. The number of aromatic nitrogens is 3. The highest BCUT2D eigenvalue weighted by atomic mass is 35.5. The lowest BCUT2D eigenvalue weighted by Crippen LogP contribution is -2.51. The summed E-state index contributed by atoms with van der Waals surface area (Å²) in [6.45, 7) is 1.64. The molecule has 0 saturated carbocycles. The van der Waals surface area contributed by atoms with Crippen LogP contribution in [-0.4, -0.2) is 75.9 Å². The maximum Gasteiger partial charge on any atom is 0.251 e. The van der Waals surface area contributed by atoms with Gasteiger partial charge in [0.15, 0.2) is 5.13 Å². The average Bonchev–Trinajstić information content (AvgIpc) is 3.38. The number of likely N-dealkylation sites (tertiary alicyclic amines) is 1. The number of piperidine rings is 1. The molecular weight excluding hydrogens is 498 g/mol. The van der Waals surface area contributed by atoms with E-state index in [1.54, 1.807) is 12.1 Å². The predicted molar refractivity (Wildman–Crippen MR) is 144 cm³/mol. The zero-order chi connectivity index (χ0) is 25.4. The van der Waals surface area contributed by atoms with Crippen molar-refractivity contribution in [2.75, 3.05) is 39.0 Å². The molecule has 11 heteroatoms. The molecule has 36 heavy (non-hydrogen) atoms. The van der Waals surface area contributed by atoms with Gasteiger partial charge in [0.25, 0.3) is 5.91 Å². The van der Waals surface area contributed by atoms with Gasteiger partial charge in [0, 0.05) is 36.8 Å². The van der Waals surface area contributed by atoms with Crippen LogP contribution in [0.5, 0.6) is 0 Å². The first-order chi connectivity index (χ1) is 17.3. The minimum Gasteiger partial charge on any atom is -0.348 e. The van der Waals surface area contributed by atoms with Crippen LogP contribution in [0, 0.1) is 0 Å². The second-order valence-corrected chi connectivity index (χ2v) is 10.8. The number of amides is 2. The lowest BCUT2D eigenvalue weighted by atomic mass is 10.0. The Labute approximate surface area is 218 Å². The topological polar surface area (TPSA) is 95.4 Å². The molecule has 1 saturated heterocycles. The van der Waals surface area contributed by atoms with Gasteiger partial charge in [-0.1, -0.05) is 22.9 Å². The number of aryl methyl sites for hydroxylation is 1. The van der Waals surface area contributed by atoms with Crippen LogP contribution in [0.4, 0.5) is 11.1 Å². The average molecular weight is 526 g/mol. The van der Waals surface area contributed by atoms with Gasteiger partial charge in [0.2, 0.25) is 11.9 Å². The Balaban J connectivity index is 1.29. The van der Waals surface area contributed by atoms with Crippen LogP contribution in [0.15, 0.2) is 36.4 Å². The molecule has 1 aliphatic heterocycles. The largest absolute Gasteiger partial charge is 0.348 e. The second kappa shape index (κ2) is 10.0. The molecule has 2 aromatic heterocycles. The monoisotopic (exact) mass is 525 g/mol. The Kier molecular flexibility index (Phi) is 6.83. The van der Waals surface area contributed by atoms with Crippen LogP contribution >= 0.6 is 22.9 Å². The van der Waals surface area contributed by atoms with Crippen LogP contribution in [0.1, 0.15) is 23.2 Å². The summed E-state index contributed by atoms with van der Waals surface area (Å²) < 4.78 is 2.93. The molecule has 0 unspecified atom stereocenters. The number of likely N-dealkylation sites (N-methyl/N-ethyl adjacent to an activating group) is 1. The summed E-state index contributed by atoms with van der Waals surface area (Å²) in [6.07, 6.45) is 1.72. The summed E-state index contributed by atoms with van der Waals surface area (Å²) in [5, 5.41) is 7.78. The number of nitrogens with zero attached hydrogens (tertiary/aromatic N) is 5. The predicted octanol–water partition coefficient (Wildman–Crippen LogP) is 3.86. The summed E-state index contributed by atoms with van der Waals surface area (Å²) in [5.74, 6) is 0.562. The number of carbonyl (C=O) groups excluding carboxylic acids is 2. The van der Waals surface area contributed by atoms with Gasteiger partial charge >= 0.3 is 0 Å². The zero-order valence-corrected chi connectivity index (χ0v) is 22.0. The Morgan fingerprint density at radius 1 is 1.17 bits per heavy atom. The van der Waals surface area contributed by atoms with Crippen molar-refractivity contribution in [2.45, 2.75) is 18.9 Å². The molecule has 0 radical (unpaired) electrons. The Hall–Kier alpha value is -3.21. The van der Waals surface area contributed by atoms with E-state index in [4.69, 9.17) is 16.6 Å². The van der Waals surface area contributed by atoms with E-state index in [2.05, 4.69) is 15.6 Å². The molecule has 1 aliphatic rings. The van der Waals surface area contributed by atoms with E-state index < -0.39 is 0 Å². The summed E-state index contributed by atoms with van der Waals surface area (Å²) in [6, 6.07) is 11.0. The molecule has 5 rings (SSSR count). The molecule has 4 aromatic rings. The lowest BCUT2D eigenvalue weighted by Gasteiger charge is -2.33. The minimum atomic E-state index is -0.160. The summed E-state index contributed by atoms with van der Waals surface area (Å²) in [7, 11) is 5.68. The number of thiazole rings is 1. The summed E-state index contributed by atoms with van der Waals surface area (Å²) in [4.78, 5) is 38.5. The lowest BCUT2D eigenvalue weighted by molar-refractivity contribution is -0.133. The van der Waals surface area contributed by atoms with Crippen molar-refractivity contribution < 1.29 is 9.59 Å². The molecule has 2 N–H and O–H groups in total. The van der Waals surface area contributed by atoms with Crippen molar-refractivity contribution in [1.29, 1.82) is 0 Å². The zero-order valence-electron chi connectivity index (χ0n) is 20.4. The molecule has 1 atom stereocenters. The van der Waals surface area contributed by atoms with E-state index in [1.165, 1.54) is 11.3 Å². The standard InChI is InChI=1S/C25H28ClN7O2S/c1-31(2)14-22(34)33-10-4-5-17(13-33)27-23(35)15-6-9-20-19(11-15)28-24(32(20)3)30-25-29-18-8-7-16(26)12-21(18)36-25/h6-9,11-12,17H,4-5,10,13-14H2,1-3H3,(H,27,35)(H,28,29,30)/t17-/m1/s1. The number of halogens is 1. The quantitative estimate of drug-likeness (QED) is 0.397. The Morgan fingerprint density at radius 2 is 2.00 bits per heavy atom. The van der Waals surface area contributed by atoms with E-state index in [9.17, 15) is 9.59 Å². The first kappa shape index (κ1) is 24.5. The van der Waals surface area contributed by atoms with Gasteiger partial charge in [0.1, 0.15) is 0 Å². The van der Waals surface area contributed by atoms with Gasteiger partial charge < -0.3 is 25.0 Å². The third-order valence-electron chi connectivity index (χ3n) is 6.27. The van der Waals surface area contributed by atoms with Crippen LogP contribution in [0.3, 0.4) is 0 Å². The smallest absolute Gasteiger partial charge is 0.251 e. The van der Waals surface area contributed by atoms with E-state index in [-0.39, 0.29) is 17.9 Å². The number of nitrogens with one attached hydrogen (secondary N) is 2. The molecule has 188 valence electrons. The van der Waals surface area contributed by atoms with Crippen LogP contribution in [0.25, 0.3) is 21.3 Å². The Bertz CT molecular complexity index is 1450. The number of imidazole rings is 1. The van der Waals surface area contributed by atoms with Gasteiger partial charge in [-0.15, -0.1) is 0 Å². The Morgan fingerprint density at radius 3 is 2.81 bits per heavy atom. The first-order valence-electron chi connectivity index (χ1n) is 11.8. The molecule has 0 spiro atoms. The molecule has 0 bridgehead atoms. The molecular formula is C25H28ClN7O2S. The molecule has 9 nitrogen and oxygen atoms in total. The van der Waals surface area contributed by atoms with Crippen LogP contribution in [0.2, 0.25) is 5.02 Å². The maximum atomic E-state index is 13.0. The summed E-state index contributed by atoms with van der Waals surface area (Å²) >= 11 is 7.60. The number of hydrogen-bond donors (Lipinski definition) is 2. The molecule has 3 heterocycles. The fourth-order valence-corrected chi connectivity index (χ4v) is 5.60. The van der Waals surface area contributed by atoms with Gasteiger partial charge in [-0.25, -0.2) is 9.97 Å². The maximum absolute atomic E-state index is 13.0. The van der Waals surface area contributed by atoms with Gasteiger partial charge in [-0.3, -0.25) is 9.59 Å².